The van der Waals surface area contributed by atoms with Crippen LogP contribution in [0.2, 0.25) is 0 Å². The summed E-state index contributed by atoms with van der Waals surface area (Å²) in [4.78, 5) is 0. The van der Waals surface area contributed by atoms with Crippen LogP contribution < -0.4 is 10.1 Å². The van der Waals surface area contributed by atoms with Crippen molar-refractivity contribution in [3.8, 4) is 5.75 Å². The topological polar surface area (TPSA) is 34.4 Å². The van der Waals surface area contributed by atoms with Gasteiger partial charge < -0.3 is 14.5 Å². The Morgan fingerprint density at radius 2 is 1.86 bits per heavy atom. The van der Waals surface area contributed by atoms with E-state index >= 15 is 0 Å². The predicted octanol–water partition coefficient (Wildman–Crippen LogP) is 4.82. The van der Waals surface area contributed by atoms with Crippen LogP contribution >= 0.6 is 15.9 Å². The van der Waals surface area contributed by atoms with E-state index in [1.165, 1.54) is 0 Å². The number of benzene rings is 1. The van der Waals surface area contributed by atoms with Crippen LogP contribution in [0.15, 0.2) is 39.2 Å². The lowest BCUT2D eigenvalue weighted by Crippen LogP contribution is -2.35. The van der Waals surface area contributed by atoms with Crippen molar-refractivity contribution in [2.75, 3.05) is 0 Å². The summed E-state index contributed by atoms with van der Waals surface area (Å²) in [5.74, 6) is 2.65. The van der Waals surface area contributed by atoms with Crippen molar-refractivity contribution < 1.29 is 9.15 Å². The lowest BCUT2D eigenvalue weighted by molar-refractivity contribution is 0.263. The first-order valence-corrected chi connectivity index (χ1v) is 7.84. The molecule has 4 heteroatoms. The predicted molar refractivity (Wildman–Crippen MR) is 88.5 cm³/mol. The zero-order valence-corrected chi connectivity index (χ0v) is 14.6. The first-order valence-electron chi connectivity index (χ1n) is 7.05. The summed E-state index contributed by atoms with van der Waals surface area (Å²) in [6.45, 7) is 9.66. The Labute approximate surface area is 134 Å². The molecule has 1 N–H and O–H groups in total. The van der Waals surface area contributed by atoms with E-state index in [1.807, 2.05) is 30.3 Å². The summed E-state index contributed by atoms with van der Waals surface area (Å²) in [6.07, 6.45) is 0. The van der Waals surface area contributed by atoms with Crippen molar-refractivity contribution in [1.29, 1.82) is 0 Å². The molecule has 0 atom stereocenters. The van der Waals surface area contributed by atoms with Gasteiger partial charge in [-0.3, -0.25) is 0 Å². The molecule has 0 aliphatic rings. The van der Waals surface area contributed by atoms with E-state index in [9.17, 15) is 0 Å². The fourth-order valence-corrected chi connectivity index (χ4v) is 2.13. The van der Waals surface area contributed by atoms with Crippen molar-refractivity contribution >= 4 is 15.9 Å². The van der Waals surface area contributed by atoms with Crippen molar-refractivity contribution in [2.24, 2.45) is 0 Å². The minimum Gasteiger partial charge on any atom is -0.486 e. The molecule has 0 unspecified atom stereocenters. The number of hydrogen-bond donors (Lipinski definition) is 1. The molecule has 0 saturated carbocycles. The monoisotopic (exact) mass is 351 g/mol. The van der Waals surface area contributed by atoms with Crippen LogP contribution in [0.3, 0.4) is 0 Å². The highest BCUT2D eigenvalue weighted by atomic mass is 79.9. The summed E-state index contributed by atoms with van der Waals surface area (Å²) < 4.78 is 12.6. The SMILES string of the molecule is Cc1cc(COc2ccc(Br)cc2)oc1CNC(C)(C)C. The molecule has 2 rings (SSSR count). The quantitative estimate of drug-likeness (QED) is 0.838. The van der Waals surface area contributed by atoms with Crippen LogP contribution in [0.25, 0.3) is 0 Å². The highest BCUT2D eigenvalue weighted by Crippen LogP contribution is 2.20. The number of hydrogen-bond acceptors (Lipinski definition) is 3. The van der Waals surface area contributed by atoms with Gasteiger partial charge in [-0.05, 0) is 63.6 Å². The largest absolute Gasteiger partial charge is 0.486 e. The molecule has 1 aromatic heterocycles. The number of furan rings is 1. The molecule has 21 heavy (non-hydrogen) atoms. The molecule has 1 heterocycles. The molecule has 0 aliphatic heterocycles. The second kappa shape index (κ2) is 6.67. The lowest BCUT2D eigenvalue weighted by Gasteiger charge is -2.19. The Hall–Kier alpha value is -1.26. The Morgan fingerprint density at radius 3 is 2.48 bits per heavy atom. The van der Waals surface area contributed by atoms with Crippen molar-refractivity contribution in [3.63, 3.8) is 0 Å². The second-order valence-electron chi connectivity index (χ2n) is 6.17. The van der Waals surface area contributed by atoms with E-state index in [4.69, 9.17) is 9.15 Å². The van der Waals surface area contributed by atoms with Gasteiger partial charge in [0, 0.05) is 10.0 Å². The van der Waals surface area contributed by atoms with Gasteiger partial charge in [0.1, 0.15) is 23.9 Å². The van der Waals surface area contributed by atoms with Crippen molar-refractivity contribution in [1.82, 2.24) is 5.32 Å². The zero-order valence-electron chi connectivity index (χ0n) is 13.0. The average molecular weight is 352 g/mol. The fraction of sp³-hybridized carbons (Fsp3) is 0.412. The van der Waals surface area contributed by atoms with E-state index in [-0.39, 0.29) is 5.54 Å². The lowest BCUT2D eigenvalue weighted by atomic mass is 10.1. The zero-order chi connectivity index (χ0) is 15.5. The molecule has 0 bridgehead atoms. The molecule has 2 aromatic rings. The third-order valence-corrected chi connectivity index (χ3v) is 3.57. The molecular formula is C17H22BrNO2. The molecule has 3 nitrogen and oxygen atoms in total. The van der Waals surface area contributed by atoms with Gasteiger partial charge in [-0.15, -0.1) is 0 Å². The third-order valence-electron chi connectivity index (χ3n) is 3.05. The number of rotatable bonds is 5. The van der Waals surface area contributed by atoms with E-state index in [0.717, 1.165) is 33.9 Å². The maximum Gasteiger partial charge on any atom is 0.146 e. The standard InChI is InChI=1S/C17H22BrNO2/c1-12-9-15(21-16(12)10-19-17(2,3)4)11-20-14-7-5-13(18)6-8-14/h5-9,19H,10-11H2,1-4H3. The molecule has 0 amide bonds. The first kappa shape index (κ1) is 16.1. The molecule has 114 valence electrons. The number of ether oxygens (including phenoxy) is 1. The summed E-state index contributed by atoms with van der Waals surface area (Å²) in [5, 5.41) is 3.43. The van der Waals surface area contributed by atoms with E-state index < -0.39 is 0 Å². The highest BCUT2D eigenvalue weighted by Gasteiger charge is 2.13. The summed E-state index contributed by atoms with van der Waals surface area (Å²) in [6, 6.07) is 9.82. The number of nitrogens with one attached hydrogen (secondary N) is 1. The molecular weight excluding hydrogens is 330 g/mol. The Morgan fingerprint density at radius 1 is 1.19 bits per heavy atom. The second-order valence-corrected chi connectivity index (χ2v) is 7.08. The molecule has 0 spiro atoms. The first-order chi connectivity index (χ1) is 9.83. The van der Waals surface area contributed by atoms with Gasteiger partial charge in [0.15, 0.2) is 0 Å². The van der Waals surface area contributed by atoms with Crippen LogP contribution in [0.5, 0.6) is 5.75 Å². The highest BCUT2D eigenvalue weighted by molar-refractivity contribution is 9.10. The van der Waals surface area contributed by atoms with E-state index in [2.05, 4.69) is 48.9 Å². The van der Waals surface area contributed by atoms with Crippen LogP contribution in [0.4, 0.5) is 0 Å². The Balaban J connectivity index is 1.94. The minimum atomic E-state index is 0.0767. The van der Waals surface area contributed by atoms with Gasteiger partial charge in [-0.1, -0.05) is 15.9 Å². The number of halogens is 1. The molecule has 1 aromatic carbocycles. The molecule has 0 saturated heterocycles. The minimum absolute atomic E-state index is 0.0767. The average Bonchev–Trinajstić information content (AvgIpc) is 2.76. The molecule has 0 aliphatic carbocycles. The van der Waals surface area contributed by atoms with Crippen molar-refractivity contribution in [2.45, 2.75) is 46.4 Å². The maximum absolute atomic E-state index is 5.86. The number of aryl methyl sites for hydroxylation is 1. The van der Waals surface area contributed by atoms with Crippen LogP contribution in [0.1, 0.15) is 37.9 Å². The van der Waals surface area contributed by atoms with Crippen molar-refractivity contribution in [3.05, 3.63) is 51.9 Å². The van der Waals surface area contributed by atoms with Crippen LogP contribution in [-0.2, 0) is 13.2 Å². The van der Waals surface area contributed by atoms with Gasteiger partial charge >= 0.3 is 0 Å². The maximum atomic E-state index is 5.86. The smallest absolute Gasteiger partial charge is 0.146 e. The fourth-order valence-electron chi connectivity index (χ4n) is 1.87. The van der Waals surface area contributed by atoms with Gasteiger partial charge in [-0.25, -0.2) is 0 Å². The van der Waals surface area contributed by atoms with Gasteiger partial charge in [0.05, 0.1) is 6.54 Å². The van der Waals surface area contributed by atoms with Crippen LogP contribution in [-0.4, -0.2) is 5.54 Å². The molecule has 0 fully saturated rings. The van der Waals surface area contributed by atoms with E-state index in [0.29, 0.717) is 6.61 Å². The normalized spacial score (nSPS) is 11.7. The van der Waals surface area contributed by atoms with Crippen LogP contribution in [0, 0.1) is 6.92 Å². The van der Waals surface area contributed by atoms with E-state index in [1.54, 1.807) is 0 Å². The summed E-state index contributed by atoms with van der Waals surface area (Å²) >= 11 is 3.41. The van der Waals surface area contributed by atoms with Gasteiger partial charge in [0.2, 0.25) is 0 Å². The molecule has 0 radical (unpaired) electrons. The Kier molecular flexibility index (Phi) is 5.12. The third kappa shape index (κ3) is 5.21. The Bertz CT molecular complexity index is 582. The summed E-state index contributed by atoms with van der Waals surface area (Å²) in [7, 11) is 0. The van der Waals surface area contributed by atoms with Gasteiger partial charge in [0.25, 0.3) is 0 Å². The van der Waals surface area contributed by atoms with Gasteiger partial charge in [-0.2, -0.15) is 0 Å². The summed E-state index contributed by atoms with van der Waals surface area (Å²) in [5.41, 5.74) is 1.23.